The van der Waals surface area contributed by atoms with Crippen LogP contribution in [0.15, 0.2) is 35.1 Å². The number of carbonyl (C=O) groups excluding carboxylic acids is 4. The number of hydrogen-bond donors (Lipinski definition) is 5. The third-order valence-corrected chi connectivity index (χ3v) is 7.27. The van der Waals surface area contributed by atoms with Crippen molar-refractivity contribution in [2.24, 2.45) is 17.6 Å². The second kappa shape index (κ2) is 7.92. The number of phenols is 1. The minimum atomic E-state index is -2.94. The molecule has 1 saturated carbocycles. The first-order valence-electron chi connectivity index (χ1n) is 10.9. The van der Waals surface area contributed by atoms with Gasteiger partial charge in [-0.25, -0.2) is 0 Å². The zero-order valence-electron chi connectivity index (χ0n) is 19.5. The summed E-state index contributed by atoms with van der Waals surface area (Å²) < 4.78 is 5.59. The van der Waals surface area contributed by atoms with Crippen LogP contribution in [0.1, 0.15) is 30.9 Å². The van der Waals surface area contributed by atoms with Crippen molar-refractivity contribution < 1.29 is 44.3 Å². The molecule has 1 fully saturated rings. The largest absolute Gasteiger partial charge is 0.508 e. The number of aromatic hydroxyl groups is 1. The summed E-state index contributed by atoms with van der Waals surface area (Å²) in [5.41, 5.74) is 1.43. The van der Waals surface area contributed by atoms with Crippen LogP contribution < -0.4 is 5.73 Å². The van der Waals surface area contributed by atoms with Gasteiger partial charge >= 0.3 is 5.97 Å². The number of ether oxygens (including phenoxy) is 1. The van der Waals surface area contributed by atoms with Crippen LogP contribution in [0, 0.1) is 11.8 Å². The Bertz CT molecular complexity index is 1250. The van der Waals surface area contributed by atoms with Crippen LogP contribution in [0.2, 0.25) is 0 Å². The first kappa shape index (κ1) is 24.4. The van der Waals surface area contributed by atoms with E-state index >= 15 is 0 Å². The number of rotatable bonds is 3. The van der Waals surface area contributed by atoms with Crippen LogP contribution in [-0.2, 0) is 23.9 Å². The van der Waals surface area contributed by atoms with Crippen molar-refractivity contribution in [1.82, 2.24) is 4.90 Å². The molecule has 6 N–H and O–H groups in total. The van der Waals surface area contributed by atoms with Gasteiger partial charge in [0.2, 0.25) is 5.78 Å². The smallest absolute Gasteiger partial charge is 0.302 e. The SMILES string of the molecule is CC(=O)O[C@H]1[C@H]2C(=C(O)c3c(O)cccc3[C@@H]2C)C(=O)[C@]2(O)C(O)=C(C(N)=O)C(=O)C(N(C)C)[C@H]12. The van der Waals surface area contributed by atoms with Crippen molar-refractivity contribution in [3.8, 4) is 5.75 Å². The van der Waals surface area contributed by atoms with Crippen molar-refractivity contribution in [1.29, 1.82) is 0 Å². The number of hydrogen-bond acceptors (Lipinski definition) is 10. The van der Waals surface area contributed by atoms with E-state index in [1.165, 1.54) is 25.1 Å². The summed E-state index contributed by atoms with van der Waals surface area (Å²) in [6.07, 6.45) is -1.40. The van der Waals surface area contributed by atoms with Crippen LogP contribution in [0.5, 0.6) is 5.75 Å². The summed E-state index contributed by atoms with van der Waals surface area (Å²) in [5.74, 6) is -9.79. The number of Topliss-reactive ketones (excluding diaryl/α,β-unsaturated/α-hetero) is 2. The molecule has 1 amide bonds. The normalized spacial score (nSPS) is 32.2. The summed E-state index contributed by atoms with van der Waals surface area (Å²) in [6.45, 7) is 2.79. The number of phenolic OH excluding ortho intramolecular Hbond substituents is 1. The van der Waals surface area contributed by atoms with E-state index in [1.54, 1.807) is 19.1 Å². The van der Waals surface area contributed by atoms with Crippen molar-refractivity contribution in [3.05, 3.63) is 46.2 Å². The van der Waals surface area contributed by atoms with Crippen LogP contribution >= 0.6 is 0 Å². The topological polar surface area (TPSA) is 188 Å². The summed E-state index contributed by atoms with van der Waals surface area (Å²) in [5, 5.41) is 44.3. The number of ketones is 2. The average molecular weight is 486 g/mol. The third-order valence-electron chi connectivity index (χ3n) is 7.27. The lowest BCUT2D eigenvalue weighted by Crippen LogP contribution is -2.71. The molecule has 0 saturated heterocycles. The highest BCUT2D eigenvalue weighted by Crippen LogP contribution is 2.56. The van der Waals surface area contributed by atoms with Crippen molar-refractivity contribution >= 4 is 29.2 Å². The lowest BCUT2D eigenvalue weighted by Gasteiger charge is -2.54. The zero-order chi connectivity index (χ0) is 26.1. The Labute approximate surface area is 200 Å². The van der Waals surface area contributed by atoms with Gasteiger partial charge in [-0.15, -0.1) is 0 Å². The Morgan fingerprint density at radius 1 is 1.14 bits per heavy atom. The average Bonchev–Trinajstić information content (AvgIpc) is 2.75. The van der Waals surface area contributed by atoms with Crippen LogP contribution in [-0.4, -0.2) is 80.6 Å². The Morgan fingerprint density at radius 3 is 2.31 bits per heavy atom. The van der Waals surface area contributed by atoms with Gasteiger partial charge < -0.3 is 30.9 Å². The number of esters is 1. The van der Waals surface area contributed by atoms with Crippen molar-refractivity contribution in [2.45, 2.75) is 37.5 Å². The molecule has 0 radical (unpaired) electrons. The Morgan fingerprint density at radius 2 is 1.77 bits per heavy atom. The van der Waals surface area contributed by atoms with Crippen LogP contribution in [0.3, 0.4) is 0 Å². The maximum Gasteiger partial charge on any atom is 0.302 e. The minimum Gasteiger partial charge on any atom is -0.508 e. The van der Waals surface area contributed by atoms with E-state index in [-0.39, 0.29) is 11.3 Å². The molecule has 35 heavy (non-hydrogen) atoms. The minimum absolute atomic E-state index is 0.0436. The van der Waals surface area contributed by atoms with Gasteiger partial charge in [-0.2, -0.15) is 0 Å². The highest BCUT2D eigenvalue weighted by molar-refractivity contribution is 6.24. The van der Waals surface area contributed by atoms with Crippen molar-refractivity contribution in [3.63, 3.8) is 0 Å². The van der Waals surface area contributed by atoms with Crippen LogP contribution in [0.4, 0.5) is 0 Å². The third kappa shape index (κ3) is 3.11. The molecular weight excluding hydrogens is 460 g/mol. The molecule has 3 aliphatic rings. The van der Waals surface area contributed by atoms with E-state index in [0.717, 1.165) is 6.92 Å². The number of primary amides is 1. The van der Waals surface area contributed by atoms with E-state index in [0.29, 0.717) is 5.56 Å². The number of nitrogens with two attached hydrogens (primary N) is 1. The quantitative estimate of drug-likeness (QED) is 0.289. The van der Waals surface area contributed by atoms with Gasteiger partial charge in [0.05, 0.1) is 17.5 Å². The van der Waals surface area contributed by atoms with Gasteiger partial charge in [0, 0.05) is 18.4 Å². The second-order valence-electron chi connectivity index (χ2n) is 9.37. The summed E-state index contributed by atoms with van der Waals surface area (Å²) in [7, 11) is 2.92. The van der Waals surface area contributed by atoms with Gasteiger partial charge in [-0.1, -0.05) is 19.1 Å². The second-order valence-corrected chi connectivity index (χ2v) is 9.37. The highest BCUT2D eigenvalue weighted by Gasteiger charge is 2.69. The van der Waals surface area contributed by atoms with E-state index in [9.17, 15) is 39.6 Å². The lowest BCUT2D eigenvalue weighted by atomic mass is 9.54. The predicted octanol–water partition coefficient (Wildman–Crippen LogP) is 0.0666. The van der Waals surface area contributed by atoms with Gasteiger partial charge in [-0.3, -0.25) is 24.1 Å². The summed E-state index contributed by atoms with van der Waals surface area (Å²) >= 11 is 0. The fourth-order valence-electron chi connectivity index (χ4n) is 5.88. The molecule has 1 aromatic rings. The number of amides is 1. The lowest BCUT2D eigenvalue weighted by molar-refractivity contribution is -0.184. The maximum absolute atomic E-state index is 13.9. The molecule has 0 bridgehead atoms. The zero-order valence-corrected chi connectivity index (χ0v) is 19.5. The Balaban J connectivity index is 2.12. The summed E-state index contributed by atoms with van der Waals surface area (Å²) in [6, 6.07) is 3.08. The molecule has 11 nitrogen and oxygen atoms in total. The van der Waals surface area contributed by atoms with Gasteiger partial charge in [0.15, 0.2) is 11.4 Å². The molecule has 0 spiro atoms. The molecule has 0 aliphatic heterocycles. The number of likely N-dealkylation sites (N-methyl/N-ethyl adjacent to an activating group) is 1. The molecule has 0 heterocycles. The Hall–Kier alpha value is -3.70. The van der Waals surface area contributed by atoms with Crippen molar-refractivity contribution in [2.75, 3.05) is 14.1 Å². The number of carbonyl (C=O) groups is 4. The first-order valence-corrected chi connectivity index (χ1v) is 10.9. The highest BCUT2D eigenvalue weighted by atomic mass is 16.5. The number of nitrogens with zero attached hydrogens (tertiary/aromatic N) is 1. The number of aliphatic hydroxyl groups excluding tert-OH is 2. The molecular formula is C24H26N2O9. The monoisotopic (exact) mass is 486 g/mol. The number of fused-ring (bicyclic) bond motifs is 3. The maximum atomic E-state index is 13.9. The molecule has 6 atom stereocenters. The number of benzene rings is 1. The fourth-order valence-corrected chi connectivity index (χ4v) is 5.88. The fraction of sp³-hybridized carbons (Fsp3) is 0.417. The van der Waals surface area contributed by atoms with E-state index in [1.807, 2.05) is 0 Å². The standard InChI is InChI=1S/C24H26N2O9/c1-8-10-6-5-7-11(28)13(10)18(29)14-12(8)20(35-9(2)27)16-17(26(3)4)19(30)15(23(25)33)22(32)24(16,34)21(14)31/h5-8,12,16-17,20,28-29,32,34H,1-4H3,(H2,25,33)/t8-,12+,16+,17?,20-,24-/m0/s1. The van der Waals surface area contributed by atoms with E-state index in [2.05, 4.69) is 0 Å². The molecule has 1 aromatic carbocycles. The molecule has 3 aliphatic carbocycles. The van der Waals surface area contributed by atoms with Crippen LogP contribution in [0.25, 0.3) is 5.76 Å². The van der Waals surface area contributed by atoms with Gasteiger partial charge in [-0.05, 0) is 31.6 Å². The number of aliphatic hydroxyl groups is 3. The molecule has 11 heteroatoms. The first-order chi connectivity index (χ1) is 16.3. The Kier molecular flexibility index (Phi) is 5.53. The van der Waals surface area contributed by atoms with E-state index < -0.39 is 81.6 Å². The van der Waals surface area contributed by atoms with E-state index in [4.69, 9.17) is 10.5 Å². The summed E-state index contributed by atoms with van der Waals surface area (Å²) in [4.78, 5) is 52.8. The van der Waals surface area contributed by atoms with Gasteiger partial charge in [0.25, 0.3) is 5.91 Å². The molecule has 0 aromatic heterocycles. The molecule has 186 valence electrons. The van der Waals surface area contributed by atoms with Gasteiger partial charge in [0.1, 0.15) is 28.9 Å². The molecule has 1 unspecified atom stereocenters. The molecule has 4 rings (SSSR count). The predicted molar refractivity (Wildman–Crippen MR) is 120 cm³/mol.